The Morgan fingerprint density at radius 1 is 1.23 bits per heavy atom. The van der Waals surface area contributed by atoms with E-state index in [4.69, 9.17) is 23.7 Å². The third-order valence-corrected chi connectivity index (χ3v) is 4.50. The average Bonchev–Trinajstić information content (AvgIpc) is 2.76. The van der Waals surface area contributed by atoms with Crippen molar-refractivity contribution in [3.63, 3.8) is 0 Å². The number of hydrogen-bond acceptors (Lipinski definition) is 8. The second kappa shape index (κ2) is 9.27. The van der Waals surface area contributed by atoms with Crippen LogP contribution >= 0.6 is 0 Å². The number of allylic oxidation sites excluding steroid dienone is 1. The summed E-state index contributed by atoms with van der Waals surface area (Å²) in [5, 5.41) is 11.2. The average molecular weight is 415 g/mol. The van der Waals surface area contributed by atoms with E-state index in [1.807, 2.05) is 0 Å². The fourth-order valence-electron chi connectivity index (χ4n) is 3.19. The molecule has 0 radical (unpaired) electrons. The van der Waals surface area contributed by atoms with Crippen molar-refractivity contribution in [2.24, 2.45) is 0 Å². The monoisotopic (exact) mass is 415 g/mol. The van der Waals surface area contributed by atoms with Crippen LogP contribution < -0.4 is 14.2 Å². The summed E-state index contributed by atoms with van der Waals surface area (Å²) in [6, 6.07) is 5.87. The highest BCUT2D eigenvalue weighted by molar-refractivity contribution is 5.90. The van der Waals surface area contributed by atoms with Gasteiger partial charge in [-0.1, -0.05) is 6.08 Å². The number of nitrogens with zero attached hydrogens (tertiary/aromatic N) is 1. The Morgan fingerprint density at radius 2 is 2.03 bits per heavy atom. The van der Waals surface area contributed by atoms with Crippen molar-refractivity contribution in [3.05, 3.63) is 69.3 Å². The summed E-state index contributed by atoms with van der Waals surface area (Å²) in [6.45, 7) is 3.71. The van der Waals surface area contributed by atoms with Gasteiger partial charge in [0, 0.05) is 28.8 Å². The third kappa shape index (κ3) is 4.36. The smallest absolute Gasteiger partial charge is 0.338 e. The molecule has 0 aliphatic carbocycles. The molecule has 0 saturated carbocycles. The molecule has 0 spiro atoms. The Bertz CT molecular complexity index is 985. The van der Waals surface area contributed by atoms with Crippen molar-refractivity contribution >= 4 is 11.7 Å². The highest BCUT2D eigenvalue weighted by Crippen LogP contribution is 2.35. The van der Waals surface area contributed by atoms with Crippen molar-refractivity contribution < 1.29 is 33.4 Å². The first kappa shape index (κ1) is 21.1. The number of carbonyl (C=O) groups excluding carboxylic acids is 1. The molecule has 0 amide bonds. The zero-order chi connectivity index (χ0) is 21.7. The molecular weight excluding hydrogens is 394 g/mol. The summed E-state index contributed by atoms with van der Waals surface area (Å²) in [7, 11) is 2.98. The van der Waals surface area contributed by atoms with Crippen molar-refractivity contribution in [2.45, 2.75) is 19.6 Å². The zero-order valence-corrected chi connectivity index (χ0v) is 16.6. The SMILES string of the molecule is C=CCc1cc(C(=O)OCc2cc([N+](=O)[O-])cc3c2OCOC3)cc(OC)c1OC. The van der Waals surface area contributed by atoms with Crippen LogP contribution in [0.15, 0.2) is 36.9 Å². The molecule has 9 nitrogen and oxygen atoms in total. The molecule has 0 saturated heterocycles. The van der Waals surface area contributed by atoms with Crippen LogP contribution in [0.5, 0.6) is 17.2 Å². The summed E-state index contributed by atoms with van der Waals surface area (Å²) in [5.74, 6) is 0.708. The largest absolute Gasteiger partial charge is 0.493 e. The second-order valence-corrected chi connectivity index (χ2v) is 6.40. The molecule has 1 aliphatic heterocycles. The van der Waals surface area contributed by atoms with Crippen LogP contribution in [0, 0.1) is 10.1 Å². The topological polar surface area (TPSA) is 106 Å². The number of methoxy groups -OCH3 is 2. The van der Waals surface area contributed by atoms with Crippen LogP contribution in [0.2, 0.25) is 0 Å². The molecular formula is C21H21NO8. The van der Waals surface area contributed by atoms with Crippen LogP contribution in [-0.2, 0) is 29.1 Å². The van der Waals surface area contributed by atoms with E-state index >= 15 is 0 Å². The predicted molar refractivity (Wildman–Crippen MR) is 106 cm³/mol. The Kier molecular flexibility index (Phi) is 6.53. The number of hydrogen-bond donors (Lipinski definition) is 0. The molecule has 9 heteroatoms. The Labute approximate surface area is 172 Å². The second-order valence-electron chi connectivity index (χ2n) is 6.40. The molecule has 0 bridgehead atoms. The lowest BCUT2D eigenvalue weighted by molar-refractivity contribution is -0.385. The molecule has 0 N–H and O–H groups in total. The predicted octanol–water partition coefficient (Wildman–Crippen LogP) is 3.56. The zero-order valence-electron chi connectivity index (χ0n) is 16.6. The van der Waals surface area contributed by atoms with Gasteiger partial charge < -0.3 is 23.7 Å². The van der Waals surface area contributed by atoms with Gasteiger partial charge in [0.1, 0.15) is 12.4 Å². The van der Waals surface area contributed by atoms with E-state index in [0.717, 1.165) is 0 Å². The number of ether oxygens (including phenoxy) is 5. The summed E-state index contributed by atoms with van der Waals surface area (Å²) in [4.78, 5) is 23.4. The number of rotatable bonds is 8. The summed E-state index contributed by atoms with van der Waals surface area (Å²) in [5.41, 5.74) is 1.76. The van der Waals surface area contributed by atoms with Gasteiger partial charge in [-0.05, 0) is 18.6 Å². The lowest BCUT2D eigenvalue weighted by atomic mass is 10.1. The van der Waals surface area contributed by atoms with E-state index in [2.05, 4.69) is 6.58 Å². The van der Waals surface area contributed by atoms with Gasteiger partial charge in [0.15, 0.2) is 18.3 Å². The van der Waals surface area contributed by atoms with Gasteiger partial charge in [0.2, 0.25) is 0 Å². The molecule has 1 heterocycles. The number of nitro benzene ring substituents is 1. The summed E-state index contributed by atoms with van der Waals surface area (Å²) >= 11 is 0. The first-order valence-electron chi connectivity index (χ1n) is 9.02. The van der Waals surface area contributed by atoms with Gasteiger partial charge >= 0.3 is 5.97 Å². The number of non-ortho nitro benzene ring substituents is 1. The maximum absolute atomic E-state index is 12.7. The van der Waals surface area contributed by atoms with Gasteiger partial charge in [-0.2, -0.15) is 0 Å². The van der Waals surface area contributed by atoms with Gasteiger partial charge in [-0.3, -0.25) is 10.1 Å². The highest BCUT2D eigenvalue weighted by Gasteiger charge is 2.23. The van der Waals surface area contributed by atoms with E-state index in [1.165, 1.54) is 32.4 Å². The number of fused-ring (bicyclic) bond motifs is 1. The maximum Gasteiger partial charge on any atom is 0.338 e. The van der Waals surface area contributed by atoms with Crippen molar-refractivity contribution in [3.8, 4) is 17.2 Å². The summed E-state index contributed by atoms with van der Waals surface area (Å²) in [6.07, 6.45) is 2.15. The van der Waals surface area contributed by atoms with Crippen LogP contribution in [0.3, 0.4) is 0 Å². The molecule has 2 aromatic rings. The molecule has 1 aliphatic rings. The van der Waals surface area contributed by atoms with Gasteiger partial charge in [-0.25, -0.2) is 4.79 Å². The highest BCUT2D eigenvalue weighted by atomic mass is 16.7. The minimum absolute atomic E-state index is 0.0202. The fraction of sp³-hybridized carbons (Fsp3) is 0.286. The van der Waals surface area contributed by atoms with E-state index in [0.29, 0.717) is 40.4 Å². The molecule has 0 aromatic heterocycles. The molecule has 0 fully saturated rings. The fourth-order valence-corrected chi connectivity index (χ4v) is 3.19. The summed E-state index contributed by atoms with van der Waals surface area (Å²) < 4.78 is 26.7. The van der Waals surface area contributed by atoms with Crippen LogP contribution in [0.4, 0.5) is 5.69 Å². The van der Waals surface area contributed by atoms with Crippen molar-refractivity contribution in [1.29, 1.82) is 0 Å². The maximum atomic E-state index is 12.7. The van der Waals surface area contributed by atoms with E-state index < -0.39 is 10.9 Å². The number of benzene rings is 2. The molecule has 30 heavy (non-hydrogen) atoms. The molecule has 0 atom stereocenters. The third-order valence-electron chi connectivity index (χ3n) is 4.50. The quantitative estimate of drug-likeness (QED) is 0.279. The van der Waals surface area contributed by atoms with E-state index in [9.17, 15) is 14.9 Å². The van der Waals surface area contributed by atoms with Crippen LogP contribution in [-0.4, -0.2) is 31.9 Å². The first-order valence-corrected chi connectivity index (χ1v) is 9.02. The van der Waals surface area contributed by atoms with Gasteiger partial charge in [-0.15, -0.1) is 6.58 Å². The molecule has 2 aromatic carbocycles. The number of esters is 1. The standard InChI is InChI=1S/C21H21NO8/c1-4-5-13-6-14(9-18(26-2)20(13)27-3)21(23)29-11-16-8-17(22(24)25)7-15-10-28-12-30-19(15)16/h4,6-9H,1,5,10-12H2,2-3H3. The van der Waals surface area contributed by atoms with Crippen molar-refractivity contribution in [2.75, 3.05) is 21.0 Å². The van der Waals surface area contributed by atoms with Gasteiger partial charge in [0.05, 0.1) is 31.3 Å². The number of nitro groups is 1. The Hall–Kier alpha value is -3.59. The van der Waals surface area contributed by atoms with Gasteiger partial charge in [0.25, 0.3) is 5.69 Å². The minimum atomic E-state index is -0.617. The lowest BCUT2D eigenvalue weighted by Crippen LogP contribution is -2.15. The first-order chi connectivity index (χ1) is 14.5. The van der Waals surface area contributed by atoms with Crippen LogP contribution in [0.1, 0.15) is 27.0 Å². The Morgan fingerprint density at radius 3 is 2.70 bits per heavy atom. The van der Waals surface area contributed by atoms with Crippen LogP contribution in [0.25, 0.3) is 0 Å². The normalized spacial score (nSPS) is 12.3. The lowest BCUT2D eigenvalue weighted by Gasteiger charge is -2.20. The van der Waals surface area contributed by atoms with Crippen molar-refractivity contribution in [1.82, 2.24) is 0 Å². The number of carbonyl (C=O) groups is 1. The molecule has 0 unspecified atom stereocenters. The molecule has 158 valence electrons. The van der Waals surface area contributed by atoms with E-state index in [-0.39, 0.29) is 31.3 Å². The minimum Gasteiger partial charge on any atom is -0.493 e. The van der Waals surface area contributed by atoms with E-state index in [1.54, 1.807) is 12.1 Å². The Balaban J connectivity index is 1.87. The molecule has 3 rings (SSSR count).